The molecule has 3 aromatic rings. The van der Waals surface area contributed by atoms with Gasteiger partial charge in [-0.15, -0.1) is 11.3 Å². The van der Waals surface area contributed by atoms with E-state index in [0.29, 0.717) is 29.5 Å². The third kappa shape index (κ3) is 4.68. The molecule has 7 heteroatoms. The van der Waals surface area contributed by atoms with Gasteiger partial charge in [0.15, 0.2) is 0 Å². The average Bonchev–Trinajstić information content (AvgIpc) is 3.34. The fourth-order valence-corrected chi connectivity index (χ4v) is 4.82. The first-order valence-electron chi connectivity index (χ1n) is 10.8. The number of nitrogens with zero attached hydrogens (tertiary/aromatic N) is 2. The summed E-state index contributed by atoms with van der Waals surface area (Å²) >= 11 is 1.46. The molecular weight excluding hydrogens is 436 g/mol. The van der Waals surface area contributed by atoms with Gasteiger partial charge in [-0.1, -0.05) is 19.9 Å². The largest absolute Gasteiger partial charge is 0.507 e. The minimum Gasteiger partial charge on any atom is -0.507 e. The Labute approximate surface area is 197 Å². The van der Waals surface area contributed by atoms with E-state index in [-0.39, 0.29) is 17.9 Å². The van der Waals surface area contributed by atoms with Crippen molar-refractivity contribution >= 4 is 28.8 Å². The number of benzene rings is 1. The second-order valence-corrected chi connectivity index (χ2v) is 9.39. The summed E-state index contributed by atoms with van der Waals surface area (Å²) in [5, 5.41) is 13.1. The summed E-state index contributed by atoms with van der Waals surface area (Å²) in [4.78, 5) is 32.9. The van der Waals surface area contributed by atoms with E-state index >= 15 is 0 Å². The molecule has 1 saturated heterocycles. The van der Waals surface area contributed by atoms with Crippen LogP contribution in [0.4, 0.5) is 0 Å². The van der Waals surface area contributed by atoms with E-state index in [1.165, 1.54) is 16.2 Å². The number of carbonyl (C=O) groups is 2. The number of ether oxygens (including phenoxy) is 1. The molecule has 0 bridgehead atoms. The molecule has 1 aliphatic rings. The van der Waals surface area contributed by atoms with Crippen molar-refractivity contribution in [3.8, 4) is 5.75 Å². The van der Waals surface area contributed by atoms with Crippen LogP contribution in [-0.2, 0) is 16.1 Å². The van der Waals surface area contributed by atoms with Crippen molar-refractivity contribution in [3.63, 3.8) is 0 Å². The Morgan fingerprint density at radius 1 is 1.15 bits per heavy atom. The van der Waals surface area contributed by atoms with Gasteiger partial charge < -0.3 is 14.7 Å². The van der Waals surface area contributed by atoms with Gasteiger partial charge in [0.1, 0.15) is 17.6 Å². The predicted molar refractivity (Wildman–Crippen MR) is 128 cm³/mol. The monoisotopic (exact) mass is 462 g/mol. The van der Waals surface area contributed by atoms with E-state index in [9.17, 15) is 14.7 Å². The molecule has 1 aliphatic heterocycles. The van der Waals surface area contributed by atoms with Gasteiger partial charge in [-0.3, -0.25) is 14.6 Å². The minimum atomic E-state index is -0.693. The lowest BCUT2D eigenvalue weighted by atomic mass is 9.98. The number of hydrogen-bond donors (Lipinski definition) is 1. The minimum absolute atomic E-state index is 0.0947. The number of aliphatic hydroxyl groups excluding tert-OH is 1. The zero-order valence-corrected chi connectivity index (χ0v) is 19.6. The molecule has 0 radical (unpaired) electrons. The summed E-state index contributed by atoms with van der Waals surface area (Å²) in [6, 6.07) is 13.6. The summed E-state index contributed by atoms with van der Waals surface area (Å²) in [6.45, 7) is 6.83. The molecule has 1 fully saturated rings. The molecule has 2 aromatic heterocycles. The molecule has 33 heavy (non-hydrogen) atoms. The lowest BCUT2D eigenvalue weighted by Crippen LogP contribution is -2.29. The molecule has 4 rings (SSSR count). The second-order valence-electron chi connectivity index (χ2n) is 8.45. The Morgan fingerprint density at radius 3 is 2.52 bits per heavy atom. The lowest BCUT2D eigenvalue weighted by molar-refractivity contribution is -0.140. The summed E-state index contributed by atoms with van der Waals surface area (Å²) < 4.78 is 5.71. The van der Waals surface area contributed by atoms with Gasteiger partial charge in [0.2, 0.25) is 0 Å². The van der Waals surface area contributed by atoms with E-state index in [2.05, 4.69) is 18.8 Å². The van der Waals surface area contributed by atoms with Crippen molar-refractivity contribution in [2.45, 2.75) is 33.4 Å². The van der Waals surface area contributed by atoms with E-state index in [4.69, 9.17) is 4.74 Å². The maximum absolute atomic E-state index is 13.1. The van der Waals surface area contributed by atoms with Gasteiger partial charge in [-0.2, -0.15) is 0 Å². The average molecular weight is 463 g/mol. The Balaban J connectivity index is 1.75. The zero-order chi connectivity index (χ0) is 23.5. The van der Waals surface area contributed by atoms with Crippen LogP contribution in [0, 0.1) is 12.8 Å². The predicted octanol–water partition coefficient (Wildman–Crippen LogP) is 5.11. The maximum atomic E-state index is 13.1. The van der Waals surface area contributed by atoms with Crippen LogP contribution in [0.5, 0.6) is 5.75 Å². The van der Waals surface area contributed by atoms with Gasteiger partial charge in [0.05, 0.1) is 24.4 Å². The van der Waals surface area contributed by atoms with Gasteiger partial charge in [0, 0.05) is 16.6 Å². The first kappa shape index (κ1) is 22.7. The zero-order valence-electron chi connectivity index (χ0n) is 18.8. The molecular formula is C26H26N2O4S. The number of ketones is 1. The Bertz CT molecular complexity index is 1180. The number of carbonyl (C=O) groups excluding carboxylic acids is 2. The standard InChI is InChI=1S/C26H26N2O4S/c1-16(2)15-32-20-9-7-18(8-10-20)23(29)21-22(25-17(3)11-13-33-25)28(26(31)24(21)30)14-19-6-4-5-12-27-19/h4-13,16,22,29H,14-15H2,1-3H3/b23-21-. The fraction of sp³-hybridized carbons (Fsp3) is 0.269. The lowest BCUT2D eigenvalue weighted by Gasteiger charge is -2.24. The van der Waals surface area contributed by atoms with Crippen LogP contribution in [0.25, 0.3) is 5.76 Å². The highest BCUT2D eigenvalue weighted by atomic mass is 32.1. The second kappa shape index (κ2) is 9.58. The Hall–Kier alpha value is -3.45. The summed E-state index contributed by atoms with van der Waals surface area (Å²) in [5.74, 6) is -0.452. The van der Waals surface area contributed by atoms with Crippen molar-refractivity contribution in [1.29, 1.82) is 0 Å². The highest BCUT2D eigenvalue weighted by Crippen LogP contribution is 2.43. The van der Waals surface area contributed by atoms with Crippen molar-refractivity contribution in [2.75, 3.05) is 6.61 Å². The Morgan fingerprint density at radius 2 is 1.91 bits per heavy atom. The number of aromatic nitrogens is 1. The first-order valence-corrected chi connectivity index (χ1v) is 11.7. The highest BCUT2D eigenvalue weighted by molar-refractivity contribution is 7.10. The fourth-order valence-electron chi connectivity index (χ4n) is 3.77. The van der Waals surface area contributed by atoms with Crippen LogP contribution in [0.2, 0.25) is 0 Å². The van der Waals surface area contributed by atoms with Crippen LogP contribution in [-0.4, -0.2) is 33.3 Å². The Kier molecular flexibility index (Phi) is 6.60. The molecule has 1 aromatic carbocycles. The van der Waals surface area contributed by atoms with Gasteiger partial charge in [-0.25, -0.2) is 0 Å². The molecule has 0 saturated carbocycles. The van der Waals surface area contributed by atoms with Crippen LogP contribution >= 0.6 is 11.3 Å². The van der Waals surface area contributed by atoms with Crippen molar-refractivity contribution in [1.82, 2.24) is 9.88 Å². The summed E-state index contributed by atoms with van der Waals surface area (Å²) in [5.41, 5.74) is 2.19. The van der Waals surface area contributed by atoms with E-state index in [1.807, 2.05) is 30.5 Å². The molecule has 1 N–H and O–H groups in total. The van der Waals surface area contributed by atoms with E-state index < -0.39 is 17.7 Å². The number of aryl methyl sites for hydroxylation is 1. The number of Topliss-reactive ketones (excluding diaryl/α,β-unsaturated/α-hetero) is 1. The van der Waals surface area contributed by atoms with Crippen molar-refractivity contribution in [3.05, 3.63) is 87.4 Å². The molecule has 1 amide bonds. The number of amides is 1. The number of rotatable bonds is 7. The number of likely N-dealkylation sites (tertiary alicyclic amines) is 1. The molecule has 0 aliphatic carbocycles. The molecule has 6 nitrogen and oxygen atoms in total. The molecule has 3 heterocycles. The van der Waals surface area contributed by atoms with Crippen LogP contribution in [0.3, 0.4) is 0 Å². The number of pyridine rings is 1. The summed E-state index contributed by atoms with van der Waals surface area (Å²) in [6.07, 6.45) is 1.65. The summed E-state index contributed by atoms with van der Waals surface area (Å²) in [7, 11) is 0. The SMILES string of the molecule is Cc1ccsc1C1/C(=C(/O)c2ccc(OCC(C)C)cc2)C(=O)C(=O)N1Cc1ccccn1. The van der Waals surface area contributed by atoms with Crippen LogP contribution in [0.1, 0.15) is 41.6 Å². The van der Waals surface area contributed by atoms with Crippen molar-refractivity contribution < 1.29 is 19.4 Å². The normalized spacial score (nSPS) is 17.7. The molecule has 1 atom stereocenters. The van der Waals surface area contributed by atoms with Crippen molar-refractivity contribution in [2.24, 2.45) is 5.92 Å². The smallest absolute Gasteiger partial charge is 0.296 e. The van der Waals surface area contributed by atoms with Crippen LogP contribution in [0.15, 0.2) is 65.7 Å². The number of hydrogen-bond acceptors (Lipinski definition) is 6. The van der Waals surface area contributed by atoms with E-state index in [0.717, 1.165) is 10.4 Å². The third-order valence-corrected chi connectivity index (χ3v) is 6.53. The van der Waals surface area contributed by atoms with Crippen LogP contribution < -0.4 is 4.74 Å². The van der Waals surface area contributed by atoms with E-state index in [1.54, 1.807) is 36.5 Å². The molecule has 1 unspecified atom stereocenters. The molecule has 0 spiro atoms. The number of aliphatic hydroxyl groups is 1. The van der Waals surface area contributed by atoms with Gasteiger partial charge in [0.25, 0.3) is 11.7 Å². The van der Waals surface area contributed by atoms with Gasteiger partial charge >= 0.3 is 0 Å². The quantitative estimate of drug-likeness (QED) is 0.300. The first-order chi connectivity index (χ1) is 15.9. The highest BCUT2D eigenvalue weighted by Gasteiger charge is 2.47. The van der Waals surface area contributed by atoms with Gasteiger partial charge in [-0.05, 0) is 66.2 Å². The maximum Gasteiger partial charge on any atom is 0.296 e. The topological polar surface area (TPSA) is 79.7 Å². The third-order valence-electron chi connectivity index (χ3n) is 5.46. The number of thiophene rings is 1. The molecule has 170 valence electrons.